The Morgan fingerprint density at radius 1 is 1.25 bits per heavy atom. The molecule has 0 radical (unpaired) electrons. The molecule has 4 rings (SSSR count). The lowest BCUT2D eigenvalue weighted by atomic mass is 10.1. The number of anilines is 3. The van der Waals surface area contributed by atoms with E-state index in [1.165, 1.54) is 30.5 Å². The van der Waals surface area contributed by atoms with Crippen molar-refractivity contribution in [1.82, 2.24) is 15.0 Å². The lowest BCUT2D eigenvalue weighted by molar-refractivity contribution is -0.114. The Labute approximate surface area is 185 Å². The quantitative estimate of drug-likeness (QED) is 0.494. The molecule has 0 atom stereocenters. The van der Waals surface area contributed by atoms with Crippen LogP contribution in [0.25, 0.3) is 11.5 Å². The maximum atomic E-state index is 13.1. The summed E-state index contributed by atoms with van der Waals surface area (Å²) in [5.41, 5.74) is 4.56. The molecule has 1 amide bonds. The molecule has 8 nitrogen and oxygen atoms in total. The summed E-state index contributed by atoms with van der Waals surface area (Å²) in [4.78, 5) is 28.3. The van der Waals surface area contributed by atoms with Gasteiger partial charge in [0.1, 0.15) is 17.3 Å². The van der Waals surface area contributed by atoms with Crippen LogP contribution in [-0.2, 0) is 17.6 Å². The average molecular weight is 433 g/mol. The number of aryl methyl sites for hydroxylation is 1. The number of nitrogens with one attached hydrogen (secondary N) is 3. The Morgan fingerprint density at radius 2 is 2.03 bits per heavy atom. The number of hydrogen-bond donors (Lipinski definition) is 3. The number of benzene rings is 1. The van der Waals surface area contributed by atoms with E-state index in [0.717, 1.165) is 36.2 Å². The van der Waals surface area contributed by atoms with Gasteiger partial charge in [0.05, 0.1) is 18.4 Å². The highest BCUT2D eigenvalue weighted by molar-refractivity contribution is 5.94. The summed E-state index contributed by atoms with van der Waals surface area (Å²) in [5, 5.41) is 13.4. The maximum Gasteiger partial charge on any atom is 0.243 e. The van der Waals surface area contributed by atoms with E-state index in [9.17, 15) is 9.18 Å². The zero-order valence-electron chi connectivity index (χ0n) is 17.9. The van der Waals surface area contributed by atoms with Crippen molar-refractivity contribution in [2.45, 2.75) is 19.3 Å². The van der Waals surface area contributed by atoms with Gasteiger partial charge in [-0.1, -0.05) is 0 Å². The minimum atomic E-state index is -0.355. The van der Waals surface area contributed by atoms with Gasteiger partial charge in [-0.3, -0.25) is 9.78 Å². The highest BCUT2D eigenvalue weighted by Gasteiger charge is 2.23. The number of amides is 1. The van der Waals surface area contributed by atoms with Gasteiger partial charge in [-0.05, 0) is 49.6 Å². The summed E-state index contributed by atoms with van der Waals surface area (Å²) >= 11 is 0. The summed E-state index contributed by atoms with van der Waals surface area (Å²) in [7, 11) is 3.59. The van der Waals surface area contributed by atoms with Crippen molar-refractivity contribution in [2.75, 3.05) is 36.2 Å². The van der Waals surface area contributed by atoms with Crippen LogP contribution >= 0.6 is 0 Å². The molecule has 3 N–H and O–H groups in total. The van der Waals surface area contributed by atoms with Gasteiger partial charge >= 0.3 is 0 Å². The normalized spacial score (nSPS) is 12.2. The van der Waals surface area contributed by atoms with E-state index in [1.807, 2.05) is 7.05 Å². The first-order valence-corrected chi connectivity index (χ1v) is 10.3. The Bertz CT molecular complexity index is 1160. The molecule has 9 heteroatoms. The number of nitrogens with zero attached hydrogens (tertiary/aromatic N) is 4. The van der Waals surface area contributed by atoms with Gasteiger partial charge in [-0.25, -0.2) is 14.4 Å². The maximum absolute atomic E-state index is 13.1. The molecule has 0 unspecified atom stereocenters. The lowest BCUT2D eigenvalue weighted by Crippen LogP contribution is -2.31. The van der Waals surface area contributed by atoms with E-state index in [2.05, 4.69) is 15.6 Å². The largest absolute Gasteiger partial charge is 0.386 e. The van der Waals surface area contributed by atoms with Crippen LogP contribution in [0.5, 0.6) is 0 Å². The highest BCUT2D eigenvalue weighted by atomic mass is 19.1. The molecule has 0 saturated heterocycles. The van der Waals surface area contributed by atoms with Crippen molar-refractivity contribution in [3.63, 3.8) is 0 Å². The van der Waals surface area contributed by atoms with Crippen LogP contribution in [0, 0.1) is 11.2 Å². The van der Waals surface area contributed by atoms with Crippen LogP contribution in [0.3, 0.4) is 0 Å². The second kappa shape index (κ2) is 9.09. The van der Waals surface area contributed by atoms with Crippen LogP contribution in [0.1, 0.15) is 23.2 Å². The number of rotatable bonds is 7. The van der Waals surface area contributed by atoms with Crippen LogP contribution in [0.4, 0.5) is 21.6 Å². The Morgan fingerprint density at radius 3 is 2.75 bits per heavy atom. The predicted octanol–water partition coefficient (Wildman–Crippen LogP) is 3.28. The molecule has 0 bridgehead atoms. The number of likely N-dealkylation sites (N-methyl/N-ethyl adjacent to an activating group) is 1. The van der Waals surface area contributed by atoms with Crippen LogP contribution in [0.2, 0.25) is 0 Å². The van der Waals surface area contributed by atoms with Crippen LogP contribution in [-0.4, -0.2) is 47.7 Å². The molecule has 0 aliphatic heterocycles. The van der Waals surface area contributed by atoms with Gasteiger partial charge in [0.2, 0.25) is 5.91 Å². The van der Waals surface area contributed by atoms with E-state index >= 15 is 0 Å². The topological polar surface area (TPSA) is 107 Å². The molecule has 3 aromatic rings. The Balaban J connectivity index is 1.61. The monoisotopic (exact) mass is 433 g/mol. The van der Waals surface area contributed by atoms with Crippen molar-refractivity contribution < 1.29 is 9.18 Å². The number of carbonyl (C=O) groups excluding carboxylic acids is 1. The van der Waals surface area contributed by atoms with Crippen molar-refractivity contribution in [3.8, 4) is 11.5 Å². The molecule has 1 aromatic carbocycles. The molecule has 0 spiro atoms. The van der Waals surface area contributed by atoms with Gasteiger partial charge in [0.15, 0.2) is 5.82 Å². The first kappa shape index (κ1) is 21.4. The molecular weight excluding hydrogens is 409 g/mol. The standard InChI is InChI=1S/C23H24FN7O/c1-26-20-12-27-19(10-14(20)11-25)22-29-18-5-3-4-17(18)23(30-22)31(2)13-21(32)28-16-8-6-15(24)7-9-16/h6-12,25-26H,3-5,13H2,1-2H3,(H,28,32). The van der Waals surface area contributed by atoms with Gasteiger partial charge in [-0.15, -0.1) is 0 Å². The average Bonchev–Trinajstić information content (AvgIpc) is 3.28. The number of pyridine rings is 1. The fraction of sp³-hybridized carbons (Fsp3) is 0.261. The van der Waals surface area contributed by atoms with Crippen LogP contribution in [0.15, 0.2) is 36.5 Å². The Hall–Kier alpha value is -3.88. The summed E-state index contributed by atoms with van der Waals surface area (Å²) in [5.74, 6) is 0.588. The summed E-state index contributed by atoms with van der Waals surface area (Å²) in [6, 6.07) is 7.43. The van der Waals surface area contributed by atoms with Crippen molar-refractivity contribution >= 4 is 29.3 Å². The van der Waals surface area contributed by atoms with Gasteiger partial charge in [0.25, 0.3) is 0 Å². The molecule has 0 saturated carbocycles. The van der Waals surface area contributed by atoms with Gasteiger partial charge in [-0.2, -0.15) is 0 Å². The van der Waals surface area contributed by atoms with E-state index < -0.39 is 0 Å². The number of carbonyl (C=O) groups is 1. The molecule has 2 aromatic heterocycles. The minimum Gasteiger partial charge on any atom is -0.386 e. The van der Waals surface area contributed by atoms with Crippen LogP contribution < -0.4 is 15.5 Å². The number of fused-ring (bicyclic) bond motifs is 1. The molecule has 2 heterocycles. The first-order chi connectivity index (χ1) is 15.5. The zero-order valence-corrected chi connectivity index (χ0v) is 17.9. The second-order valence-corrected chi connectivity index (χ2v) is 7.61. The van der Waals surface area contributed by atoms with E-state index in [-0.39, 0.29) is 18.3 Å². The third-order valence-corrected chi connectivity index (χ3v) is 5.37. The summed E-state index contributed by atoms with van der Waals surface area (Å²) in [6.07, 6.45) is 5.60. The SMILES string of the molecule is CNc1cnc(-c2nc3c(c(N(C)CC(=O)Nc4ccc(F)cc4)n2)CCC3)cc1C=N. The molecular formula is C23H24FN7O. The molecule has 32 heavy (non-hydrogen) atoms. The number of aromatic nitrogens is 3. The molecule has 164 valence electrons. The summed E-state index contributed by atoms with van der Waals surface area (Å²) in [6.45, 7) is 0.0815. The minimum absolute atomic E-state index is 0.0815. The zero-order chi connectivity index (χ0) is 22.7. The molecule has 1 aliphatic rings. The summed E-state index contributed by atoms with van der Waals surface area (Å²) < 4.78 is 13.1. The number of hydrogen-bond acceptors (Lipinski definition) is 7. The van der Waals surface area contributed by atoms with Crippen molar-refractivity contribution in [1.29, 1.82) is 5.41 Å². The van der Waals surface area contributed by atoms with Gasteiger partial charge in [0, 0.05) is 42.8 Å². The third kappa shape index (κ3) is 4.41. The second-order valence-electron chi connectivity index (χ2n) is 7.61. The number of halogens is 1. The Kier molecular flexibility index (Phi) is 6.07. The van der Waals surface area contributed by atoms with Gasteiger partial charge < -0.3 is 20.9 Å². The fourth-order valence-electron chi connectivity index (χ4n) is 3.79. The smallest absolute Gasteiger partial charge is 0.243 e. The third-order valence-electron chi connectivity index (χ3n) is 5.37. The van der Waals surface area contributed by atoms with Crippen molar-refractivity contribution in [3.05, 3.63) is 59.2 Å². The van der Waals surface area contributed by atoms with Crippen molar-refractivity contribution in [2.24, 2.45) is 0 Å². The van der Waals surface area contributed by atoms with E-state index in [4.69, 9.17) is 15.4 Å². The molecule has 1 aliphatic carbocycles. The highest BCUT2D eigenvalue weighted by Crippen LogP contribution is 2.31. The predicted molar refractivity (Wildman–Crippen MR) is 123 cm³/mol. The molecule has 0 fully saturated rings. The van der Waals surface area contributed by atoms with E-state index in [0.29, 0.717) is 28.6 Å². The lowest BCUT2D eigenvalue weighted by Gasteiger charge is -2.21. The fourth-order valence-corrected chi connectivity index (χ4v) is 3.79. The van der Waals surface area contributed by atoms with E-state index in [1.54, 1.807) is 24.2 Å². The first-order valence-electron chi connectivity index (χ1n) is 10.3.